The van der Waals surface area contributed by atoms with Crippen molar-refractivity contribution in [3.8, 4) is 10.6 Å². The largest absolute Gasteiger partial charge is 0.412 e. The minimum Gasteiger partial charge on any atom is -0.373 e. The van der Waals surface area contributed by atoms with Gasteiger partial charge in [-0.05, 0) is 24.3 Å². The van der Waals surface area contributed by atoms with Gasteiger partial charge in [0, 0.05) is 10.9 Å². The van der Waals surface area contributed by atoms with Gasteiger partial charge in [-0.15, -0.1) is 11.3 Å². The van der Waals surface area contributed by atoms with Gasteiger partial charge >= 0.3 is 12.1 Å². The van der Waals surface area contributed by atoms with Gasteiger partial charge < -0.3 is 10.5 Å². The van der Waals surface area contributed by atoms with Gasteiger partial charge in [0.1, 0.15) is 10.8 Å². The van der Waals surface area contributed by atoms with E-state index in [2.05, 4.69) is 16.3 Å². The molecule has 20 heavy (non-hydrogen) atoms. The Hall–Kier alpha value is -2.54. The Bertz CT molecular complexity index is 679. The van der Waals surface area contributed by atoms with E-state index in [0.29, 0.717) is 10.6 Å². The first kappa shape index (κ1) is 13.9. The fourth-order valence-electron chi connectivity index (χ4n) is 1.39. The van der Waals surface area contributed by atoms with E-state index in [9.17, 15) is 14.0 Å². The second kappa shape index (κ2) is 5.62. The fourth-order valence-corrected chi connectivity index (χ4v) is 2.24. The molecular formula is C13H9FN2O3S. The molecule has 0 aliphatic carbocycles. The summed E-state index contributed by atoms with van der Waals surface area (Å²) < 4.78 is 17.0. The first-order valence-electron chi connectivity index (χ1n) is 5.39. The van der Waals surface area contributed by atoms with E-state index in [1.807, 2.05) is 0 Å². The number of benzene rings is 1. The molecule has 1 heterocycles. The van der Waals surface area contributed by atoms with Gasteiger partial charge in [0.2, 0.25) is 0 Å². The van der Waals surface area contributed by atoms with Crippen molar-refractivity contribution in [2.24, 2.45) is 5.73 Å². The number of thiazole rings is 1. The van der Waals surface area contributed by atoms with Gasteiger partial charge in [0.15, 0.2) is 0 Å². The van der Waals surface area contributed by atoms with Crippen LogP contribution in [0.2, 0.25) is 0 Å². The van der Waals surface area contributed by atoms with Crippen LogP contribution < -0.4 is 5.73 Å². The van der Waals surface area contributed by atoms with Crippen LogP contribution >= 0.6 is 11.3 Å². The maximum atomic E-state index is 12.8. The molecule has 1 aromatic heterocycles. The minimum atomic E-state index is -1.20. The molecule has 0 saturated heterocycles. The molecule has 5 nitrogen and oxygen atoms in total. The lowest BCUT2D eigenvalue weighted by Crippen LogP contribution is -2.19. The Kier molecular flexibility index (Phi) is 3.90. The Morgan fingerprint density at radius 2 is 1.95 bits per heavy atom. The van der Waals surface area contributed by atoms with Gasteiger partial charge in [-0.25, -0.2) is 19.0 Å². The van der Waals surface area contributed by atoms with Crippen LogP contribution in [0, 0.1) is 5.82 Å². The van der Waals surface area contributed by atoms with E-state index in [-0.39, 0.29) is 17.1 Å². The number of ether oxygens (including phenoxy) is 1. The molecule has 0 bridgehead atoms. The number of primary amides is 1. The smallest absolute Gasteiger partial charge is 0.373 e. The van der Waals surface area contributed by atoms with Crippen LogP contribution in [0.5, 0.6) is 0 Å². The molecule has 0 unspecified atom stereocenters. The van der Waals surface area contributed by atoms with E-state index >= 15 is 0 Å². The van der Waals surface area contributed by atoms with Crippen molar-refractivity contribution in [1.82, 2.24) is 4.98 Å². The Morgan fingerprint density at radius 1 is 1.30 bits per heavy atom. The zero-order chi connectivity index (χ0) is 14.7. The van der Waals surface area contributed by atoms with Crippen LogP contribution in [0.25, 0.3) is 16.1 Å². The average molecular weight is 292 g/mol. The Morgan fingerprint density at radius 3 is 2.55 bits per heavy atom. The van der Waals surface area contributed by atoms with Gasteiger partial charge in [-0.1, -0.05) is 6.58 Å². The number of carbonyl (C=O) groups excluding carboxylic acids is 2. The molecule has 2 rings (SSSR count). The average Bonchev–Trinajstić information content (AvgIpc) is 2.87. The lowest BCUT2D eigenvalue weighted by Gasteiger charge is -2.00. The van der Waals surface area contributed by atoms with Gasteiger partial charge in [-0.2, -0.15) is 0 Å². The van der Waals surface area contributed by atoms with Crippen LogP contribution in [-0.2, 0) is 9.53 Å². The molecule has 2 N–H and O–H groups in total. The van der Waals surface area contributed by atoms with E-state index in [0.717, 1.165) is 0 Å². The second-order valence-electron chi connectivity index (χ2n) is 3.73. The minimum absolute atomic E-state index is 0.0755. The second-order valence-corrected chi connectivity index (χ2v) is 4.59. The van der Waals surface area contributed by atoms with Crippen LogP contribution in [-0.4, -0.2) is 17.0 Å². The molecule has 0 spiro atoms. The molecular weight excluding hydrogens is 283 g/mol. The number of halogens is 1. The maximum absolute atomic E-state index is 12.8. The summed E-state index contributed by atoms with van der Waals surface area (Å²) in [6, 6.07) is 5.77. The molecule has 0 radical (unpaired) electrons. The predicted molar refractivity (Wildman–Crippen MR) is 72.2 cm³/mol. The van der Waals surface area contributed by atoms with Crippen molar-refractivity contribution in [3.05, 3.63) is 47.7 Å². The molecule has 0 fully saturated rings. The normalized spacial score (nSPS) is 10.1. The van der Waals surface area contributed by atoms with Crippen LogP contribution in [0.15, 0.2) is 36.2 Å². The molecule has 0 aliphatic rings. The third kappa shape index (κ3) is 3.07. The summed E-state index contributed by atoms with van der Waals surface area (Å²) >= 11 is 1.25. The van der Waals surface area contributed by atoms with Crippen LogP contribution in [0.1, 0.15) is 5.69 Å². The quantitative estimate of drug-likeness (QED) is 0.535. The standard InChI is InChI=1S/C13H9FN2O3S/c1-7(12(17)19-13(15)18)10-6-20-11(16-10)8-2-4-9(14)5-3-8/h2-6H,1H2,(H2,15,18). The van der Waals surface area contributed by atoms with Crippen LogP contribution in [0.3, 0.4) is 0 Å². The molecule has 102 valence electrons. The number of esters is 1. The summed E-state index contributed by atoms with van der Waals surface area (Å²) in [5.41, 5.74) is 5.65. The molecule has 7 heteroatoms. The number of rotatable bonds is 3. The number of carbonyl (C=O) groups is 2. The molecule has 0 atom stereocenters. The van der Waals surface area contributed by atoms with Crippen molar-refractivity contribution in [2.45, 2.75) is 0 Å². The summed E-state index contributed by atoms with van der Waals surface area (Å²) in [5, 5.41) is 2.18. The summed E-state index contributed by atoms with van der Waals surface area (Å²) in [4.78, 5) is 26.1. The monoisotopic (exact) mass is 292 g/mol. The summed E-state index contributed by atoms with van der Waals surface area (Å²) in [7, 11) is 0. The number of aromatic nitrogens is 1. The van der Waals surface area contributed by atoms with Crippen molar-refractivity contribution in [1.29, 1.82) is 0 Å². The van der Waals surface area contributed by atoms with Crippen LogP contribution in [0.4, 0.5) is 9.18 Å². The number of nitrogens with zero attached hydrogens (tertiary/aromatic N) is 1. The highest BCUT2D eigenvalue weighted by Crippen LogP contribution is 2.26. The first-order valence-corrected chi connectivity index (χ1v) is 6.27. The lowest BCUT2D eigenvalue weighted by molar-refractivity contribution is -0.130. The van der Waals surface area contributed by atoms with E-state index in [1.165, 1.54) is 23.5 Å². The predicted octanol–water partition coefficient (Wildman–Crippen LogP) is 2.58. The summed E-state index contributed by atoms with van der Waals surface area (Å²) in [6.07, 6.45) is -1.20. The SMILES string of the molecule is C=C(C(=O)OC(N)=O)c1csc(-c2ccc(F)cc2)n1. The van der Waals surface area contributed by atoms with Gasteiger partial charge in [0.05, 0.1) is 11.3 Å². The zero-order valence-electron chi connectivity index (χ0n) is 10.1. The summed E-state index contributed by atoms with van der Waals surface area (Å²) in [6.45, 7) is 3.50. The van der Waals surface area contributed by atoms with Gasteiger partial charge in [0.25, 0.3) is 0 Å². The molecule has 1 aromatic carbocycles. The number of nitrogens with two attached hydrogens (primary N) is 1. The van der Waals surface area contributed by atoms with E-state index < -0.39 is 12.1 Å². The first-order chi connectivity index (χ1) is 9.47. The molecule has 0 aliphatic heterocycles. The Labute approximate surface area is 117 Å². The molecule has 0 saturated carbocycles. The zero-order valence-corrected chi connectivity index (χ0v) is 10.9. The number of amides is 1. The number of hydrogen-bond acceptors (Lipinski definition) is 5. The number of hydrogen-bond donors (Lipinski definition) is 1. The maximum Gasteiger partial charge on any atom is 0.412 e. The van der Waals surface area contributed by atoms with E-state index in [1.54, 1.807) is 17.5 Å². The lowest BCUT2D eigenvalue weighted by atomic mass is 10.2. The highest BCUT2D eigenvalue weighted by atomic mass is 32.1. The molecule has 2 aromatic rings. The van der Waals surface area contributed by atoms with Crippen molar-refractivity contribution >= 4 is 29.0 Å². The fraction of sp³-hybridized carbons (Fsp3) is 0. The van der Waals surface area contributed by atoms with Crippen molar-refractivity contribution in [2.75, 3.05) is 0 Å². The highest BCUT2D eigenvalue weighted by Gasteiger charge is 2.17. The van der Waals surface area contributed by atoms with Crippen molar-refractivity contribution < 1.29 is 18.7 Å². The summed E-state index contributed by atoms with van der Waals surface area (Å²) in [5.74, 6) is -1.30. The topological polar surface area (TPSA) is 82.3 Å². The Balaban J connectivity index is 2.20. The van der Waals surface area contributed by atoms with E-state index in [4.69, 9.17) is 5.73 Å². The molecule has 1 amide bonds. The van der Waals surface area contributed by atoms with Crippen molar-refractivity contribution in [3.63, 3.8) is 0 Å². The van der Waals surface area contributed by atoms with Gasteiger partial charge in [-0.3, -0.25) is 0 Å². The third-order valence-corrected chi connectivity index (χ3v) is 3.24. The third-order valence-electron chi connectivity index (χ3n) is 2.34. The highest BCUT2D eigenvalue weighted by molar-refractivity contribution is 7.13.